The molecule has 0 aliphatic carbocycles. The van der Waals surface area contributed by atoms with Crippen molar-refractivity contribution >= 4 is 12.2 Å². The second kappa shape index (κ2) is 5.96. The molecule has 79 valence electrons. The maximum Gasteiger partial charge on any atom is 0.340 e. The zero-order valence-corrected chi connectivity index (χ0v) is 8.81. The van der Waals surface area contributed by atoms with Crippen molar-refractivity contribution in [3.05, 3.63) is 42.8 Å². The normalized spacial score (nSPS) is 12.7. The first-order valence-electron chi connectivity index (χ1n) is 4.88. The highest BCUT2D eigenvalue weighted by Gasteiger charge is 2.05. The number of hydrogen-bond acceptors (Lipinski definition) is 1. The fourth-order valence-electron chi connectivity index (χ4n) is 1.28. The maximum absolute atomic E-state index is 11.1. The van der Waals surface area contributed by atoms with Crippen LogP contribution in [0.4, 0.5) is 4.79 Å². The number of carbonyl (C=O) groups excluding carboxylic acids is 1. The number of carbonyl (C=O) groups is 1. The lowest BCUT2D eigenvalue weighted by atomic mass is 10.1. The summed E-state index contributed by atoms with van der Waals surface area (Å²) >= 11 is 0. The number of nitrogens with one attached hydrogen (secondary N) is 1. The van der Waals surface area contributed by atoms with Gasteiger partial charge in [-0.3, -0.25) is 0 Å². The van der Waals surface area contributed by atoms with Crippen LogP contribution in [-0.4, -0.2) is 18.3 Å². The first-order valence-corrected chi connectivity index (χ1v) is 4.88. The van der Waals surface area contributed by atoms with Crippen molar-refractivity contribution in [2.24, 2.45) is 4.99 Å². The number of nitrogens with zero attached hydrogens (tertiary/aromatic N) is 1. The zero-order valence-electron chi connectivity index (χ0n) is 8.81. The molecule has 1 aromatic carbocycles. The third-order valence-corrected chi connectivity index (χ3v) is 1.90. The van der Waals surface area contributed by atoms with Crippen molar-refractivity contribution in [1.29, 1.82) is 0 Å². The van der Waals surface area contributed by atoms with Gasteiger partial charge in [0.05, 0.1) is 0 Å². The minimum Gasteiger partial charge on any atom is -0.333 e. The minimum atomic E-state index is -0.339. The Morgan fingerprint density at radius 3 is 2.80 bits per heavy atom. The summed E-state index contributed by atoms with van der Waals surface area (Å²) in [5.41, 5.74) is 1.15. The third kappa shape index (κ3) is 4.40. The molecule has 0 spiro atoms. The molecule has 1 atom stereocenters. The molecule has 0 aliphatic heterocycles. The van der Waals surface area contributed by atoms with Crippen LogP contribution in [0.5, 0.6) is 0 Å². The van der Waals surface area contributed by atoms with Crippen LogP contribution in [0.25, 0.3) is 0 Å². The van der Waals surface area contributed by atoms with E-state index < -0.39 is 0 Å². The van der Waals surface area contributed by atoms with Crippen molar-refractivity contribution in [1.82, 2.24) is 5.32 Å². The predicted octanol–water partition coefficient (Wildman–Crippen LogP) is 2.23. The average molecular weight is 203 g/mol. The van der Waals surface area contributed by atoms with Crippen LogP contribution < -0.4 is 5.32 Å². The lowest BCUT2D eigenvalue weighted by Gasteiger charge is -2.11. The SMILES string of the molecule is [CH2]C(Cc1ccccc1)NC(=O)N=CC. The fraction of sp³-hybridized carbons (Fsp3) is 0.250. The molecular weight excluding hydrogens is 188 g/mol. The topological polar surface area (TPSA) is 41.5 Å². The molecule has 0 heterocycles. The molecule has 3 heteroatoms. The molecule has 1 rings (SSSR count). The molecule has 3 nitrogen and oxygen atoms in total. The highest BCUT2D eigenvalue weighted by molar-refractivity contribution is 5.82. The highest BCUT2D eigenvalue weighted by Crippen LogP contribution is 2.02. The molecule has 15 heavy (non-hydrogen) atoms. The van der Waals surface area contributed by atoms with Gasteiger partial charge >= 0.3 is 6.03 Å². The molecule has 1 N–H and O–H groups in total. The second-order valence-corrected chi connectivity index (χ2v) is 3.22. The summed E-state index contributed by atoms with van der Waals surface area (Å²) < 4.78 is 0. The standard InChI is InChI=1S/C12H15N2O/c1-3-13-12(15)14-10(2)9-11-7-5-4-6-8-11/h3-8,10H,2,9H2,1H3,(H,14,15). The van der Waals surface area contributed by atoms with Crippen LogP contribution in [0.3, 0.4) is 0 Å². The molecule has 0 aliphatic rings. The van der Waals surface area contributed by atoms with Gasteiger partial charge in [-0.2, -0.15) is 0 Å². The van der Waals surface area contributed by atoms with Gasteiger partial charge in [0.15, 0.2) is 0 Å². The third-order valence-electron chi connectivity index (χ3n) is 1.90. The first-order chi connectivity index (χ1) is 7.22. The van der Waals surface area contributed by atoms with E-state index in [1.54, 1.807) is 6.92 Å². The van der Waals surface area contributed by atoms with Crippen molar-refractivity contribution in [3.63, 3.8) is 0 Å². The Labute approximate surface area is 90.2 Å². The fourth-order valence-corrected chi connectivity index (χ4v) is 1.28. The highest BCUT2D eigenvalue weighted by atomic mass is 16.2. The lowest BCUT2D eigenvalue weighted by Crippen LogP contribution is -2.32. The molecule has 1 radical (unpaired) electrons. The lowest BCUT2D eigenvalue weighted by molar-refractivity contribution is 0.247. The molecule has 0 aromatic heterocycles. The summed E-state index contributed by atoms with van der Waals surface area (Å²) in [4.78, 5) is 14.7. The van der Waals surface area contributed by atoms with Gasteiger partial charge in [0.1, 0.15) is 0 Å². The van der Waals surface area contributed by atoms with E-state index in [0.29, 0.717) is 6.42 Å². The first kappa shape index (κ1) is 11.4. The van der Waals surface area contributed by atoms with Crippen molar-refractivity contribution < 1.29 is 4.79 Å². The quantitative estimate of drug-likeness (QED) is 0.752. The average Bonchev–Trinajstić information content (AvgIpc) is 2.19. The number of urea groups is 1. The molecular formula is C12H15N2O. The van der Waals surface area contributed by atoms with Gasteiger partial charge in [-0.15, -0.1) is 0 Å². The van der Waals surface area contributed by atoms with E-state index in [9.17, 15) is 4.79 Å². The molecule has 1 unspecified atom stereocenters. The number of rotatable bonds is 3. The minimum absolute atomic E-state index is 0.149. The molecule has 0 saturated carbocycles. The summed E-state index contributed by atoms with van der Waals surface area (Å²) in [7, 11) is 0. The monoisotopic (exact) mass is 203 g/mol. The Bertz CT molecular complexity index is 333. The van der Waals surface area contributed by atoms with Gasteiger partial charge in [0.25, 0.3) is 0 Å². The number of benzene rings is 1. The van der Waals surface area contributed by atoms with E-state index in [4.69, 9.17) is 0 Å². The van der Waals surface area contributed by atoms with Gasteiger partial charge in [0.2, 0.25) is 0 Å². The largest absolute Gasteiger partial charge is 0.340 e. The van der Waals surface area contributed by atoms with E-state index in [1.807, 2.05) is 30.3 Å². The Morgan fingerprint density at radius 1 is 1.53 bits per heavy atom. The van der Waals surface area contributed by atoms with E-state index in [0.717, 1.165) is 5.56 Å². The van der Waals surface area contributed by atoms with Crippen LogP contribution in [0.1, 0.15) is 12.5 Å². The summed E-state index contributed by atoms with van der Waals surface area (Å²) in [5, 5.41) is 2.68. The van der Waals surface area contributed by atoms with Gasteiger partial charge < -0.3 is 5.32 Å². The molecule has 0 bridgehead atoms. The Kier molecular flexibility index (Phi) is 4.54. The number of hydrogen-bond donors (Lipinski definition) is 1. The van der Waals surface area contributed by atoms with Gasteiger partial charge in [-0.25, -0.2) is 9.79 Å². The van der Waals surface area contributed by atoms with Crippen LogP contribution in [0.15, 0.2) is 35.3 Å². The smallest absolute Gasteiger partial charge is 0.333 e. The summed E-state index contributed by atoms with van der Waals surface area (Å²) in [6.45, 7) is 5.55. The van der Waals surface area contributed by atoms with Crippen LogP contribution >= 0.6 is 0 Å². The van der Waals surface area contributed by atoms with E-state index >= 15 is 0 Å². The Morgan fingerprint density at radius 2 is 2.20 bits per heavy atom. The van der Waals surface area contributed by atoms with Gasteiger partial charge in [0, 0.05) is 12.3 Å². The van der Waals surface area contributed by atoms with E-state index in [2.05, 4.69) is 17.2 Å². The molecule has 2 amide bonds. The summed E-state index contributed by atoms with van der Waals surface area (Å²) in [5.74, 6) is 0. The molecule has 0 fully saturated rings. The number of amides is 2. The zero-order chi connectivity index (χ0) is 11.1. The van der Waals surface area contributed by atoms with Crippen LogP contribution in [0.2, 0.25) is 0 Å². The second-order valence-electron chi connectivity index (χ2n) is 3.22. The summed E-state index contributed by atoms with van der Waals surface area (Å²) in [6.07, 6.45) is 2.18. The molecule has 1 aromatic rings. The van der Waals surface area contributed by atoms with Crippen molar-refractivity contribution in [2.45, 2.75) is 19.4 Å². The predicted molar refractivity (Wildman–Crippen MR) is 62.0 cm³/mol. The summed E-state index contributed by atoms with van der Waals surface area (Å²) in [6, 6.07) is 9.42. The van der Waals surface area contributed by atoms with Crippen molar-refractivity contribution in [2.75, 3.05) is 0 Å². The van der Waals surface area contributed by atoms with Gasteiger partial charge in [-0.05, 0) is 25.8 Å². The van der Waals surface area contributed by atoms with E-state index in [1.165, 1.54) is 6.21 Å². The Hall–Kier alpha value is -1.64. The van der Waals surface area contributed by atoms with Gasteiger partial charge in [-0.1, -0.05) is 30.3 Å². The molecule has 0 saturated heterocycles. The maximum atomic E-state index is 11.1. The number of aliphatic imine (C=N–C) groups is 1. The van der Waals surface area contributed by atoms with E-state index in [-0.39, 0.29) is 12.1 Å². The van der Waals surface area contributed by atoms with Crippen LogP contribution in [-0.2, 0) is 6.42 Å². The van der Waals surface area contributed by atoms with Crippen LogP contribution in [0, 0.1) is 6.92 Å². The Balaban J connectivity index is 2.43. The van der Waals surface area contributed by atoms with Crippen molar-refractivity contribution in [3.8, 4) is 0 Å².